The van der Waals surface area contributed by atoms with Crippen LogP contribution in [0.2, 0.25) is 0 Å². The minimum absolute atomic E-state index is 0.0791. The van der Waals surface area contributed by atoms with Crippen molar-refractivity contribution in [3.05, 3.63) is 24.3 Å². The first-order chi connectivity index (χ1) is 7.24. The van der Waals surface area contributed by atoms with E-state index in [1.807, 2.05) is 0 Å². The standard InChI is InChI=1S/C11H17NO3/c1-14-7-6-9(12)8-15-11-5-3-2-4-10(11)13/h2-5,9,13H,6-8,12H2,1H3. The highest BCUT2D eigenvalue weighted by Crippen LogP contribution is 2.24. The first-order valence-electron chi connectivity index (χ1n) is 4.89. The number of hydrogen-bond donors (Lipinski definition) is 2. The molecule has 1 aromatic carbocycles. The van der Waals surface area contributed by atoms with E-state index in [0.29, 0.717) is 19.0 Å². The van der Waals surface area contributed by atoms with Gasteiger partial charge in [0, 0.05) is 19.8 Å². The first-order valence-corrected chi connectivity index (χ1v) is 4.89. The molecule has 0 radical (unpaired) electrons. The molecule has 0 amide bonds. The maximum atomic E-state index is 9.41. The van der Waals surface area contributed by atoms with Crippen LogP contribution in [0.4, 0.5) is 0 Å². The number of para-hydroxylation sites is 2. The molecule has 0 fully saturated rings. The molecule has 84 valence electrons. The average molecular weight is 211 g/mol. The van der Waals surface area contributed by atoms with E-state index in [1.54, 1.807) is 31.4 Å². The van der Waals surface area contributed by atoms with Crippen molar-refractivity contribution in [2.45, 2.75) is 12.5 Å². The summed E-state index contributed by atoms with van der Waals surface area (Å²) in [5.74, 6) is 0.599. The molecule has 0 spiro atoms. The lowest BCUT2D eigenvalue weighted by molar-refractivity contribution is 0.174. The molecule has 0 saturated heterocycles. The van der Waals surface area contributed by atoms with Gasteiger partial charge in [-0.2, -0.15) is 0 Å². The second kappa shape index (κ2) is 6.27. The number of phenols is 1. The molecule has 1 aromatic rings. The summed E-state index contributed by atoms with van der Waals surface area (Å²) in [6.45, 7) is 0.992. The van der Waals surface area contributed by atoms with Gasteiger partial charge in [-0.3, -0.25) is 0 Å². The number of phenolic OH excluding ortho intramolecular Hbond substituents is 1. The van der Waals surface area contributed by atoms with Crippen molar-refractivity contribution in [3.63, 3.8) is 0 Å². The first kappa shape index (κ1) is 11.8. The molecule has 1 unspecified atom stereocenters. The number of rotatable bonds is 6. The van der Waals surface area contributed by atoms with Gasteiger partial charge < -0.3 is 20.3 Å². The molecular formula is C11H17NO3. The Morgan fingerprint density at radius 3 is 2.80 bits per heavy atom. The maximum Gasteiger partial charge on any atom is 0.160 e. The molecule has 0 aromatic heterocycles. The zero-order chi connectivity index (χ0) is 11.1. The van der Waals surface area contributed by atoms with Gasteiger partial charge in [0.25, 0.3) is 0 Å². The Morgan fingerprint density at radius 2 is 2.13 bits per heavy atom. The molecule has 3 N–H and O–H groups in total. The van der Waals surface area contributed by atoms with Crippen LogP contribution in [0.25, 0.3) is 0 Å². The van der Waals surface area contributed by atoms with E-state index in [-0.39, 0.29) is 11.8 Å². The topological polar surface area (TPSA) is 64.7 Å². The number of aromatic hydroxyl groups is 1. The third kappa shape index (κ3) is 4.18. The Bertz CT molecular complexity index is 291. The van der Waals surface area contributed by atoms with E-state index in [4.69, 9.17) is 15.2 Å². The highest BCUT2D eigenvalue weighted by molar-refractivity contribution is 5.37. The molecule has 15 heavy (non-hydrogen) atoms. The highest BCUT2D eigenvalue weighted by Gasteiger charge is 2.05. The van der Waals surface area contributed by atoms with Crippen LogP contribution >= 0.6 is 0 Å². The summed E-state index contributed by atoms with van der Waals surface area (Å²) in [6, 6.07) is 6.75. The van der Waals surface area contributed by atoms with Gasteiger partial charge in [0.1, 0.15) is 6.61 Å². The van der Waals surface area contributed by atoms with Gasteiger partial charge in [-0.05, 0) is 18.6 Å². The van der Waals surface area contributed by atoms with Gasteiger partial charge in [-0.1, -0.05) is 12.1 Å². The van der Waals surface area contributed by atoms with E-state index in [1.165, 1.54) is 0 Å². The second-order valence-electron chi connectivity index (χ2n) is 3.32. The summed E-state index contributed by atoms with van der Waals surface area (Å²) < 4.78 is 10.3. The van der Waals surface area contributed by atoms with E-state index in [9.17, 15) is 5.11 Å². The quantitative estimate of drug-likeness (QED) is 0.740. The van der Waals surface area contributed by atoms with Crippen LogP contribution in [-0.2, 0) is 4.74 Å². The fourth-order valence-corrected chi connectivity index (χ4v) is 1.13. The summed E-state index contributed by atoms with van der Waals surface area (Å²) in [4.78, 5) is 0. The van der Waals surface area contributed by atoms with Crippen molar-refractivity contribution in [2.75, 3.05) is 20.3 Å². The van der Waals surface area contributed by atoms with Crippen LogP contribution < -0.4 is 10.5 Å². The fraction of sp³-hybridized carbons (Fsp3) is 0.455. The molecule has 0 bridgehead atoms. The number of nitrogens with two attached hydrogens (primary N) is 1. The van der Waals surface area contributed by atoms with Crippen LogP contribution in [0.15, 0.2) is 24.3 Å². The zero-order valence-electron chi connectivity index (χ0n) is 8.85. The molecule has 1 atom stereocenters. The van der Waals surface area contributed by atoms with E-state index in [2.05, 4.69) is 0 Å². The number of benzene rings is 1. The van der Waals surface area contributed by atoms with Crippen LogP contribution in [-0.4, -0.2) is 31.5 Å². The van der Waals surface area contributed by atoms with Gasteiger partial charge in [-0.25, -0.2) is 0 Å². The van der Waals surface area contributed by atoms with Gasteiger partial charge in [0.15, 0.2) is 11.5 Å². The minimum atomic E-state index is -0.0791. The Morgan fingerprint density at radius 1 is 1.40 bits per heavy atom. The smallest absolute Gasteiger partial charge is 0.160 e. The van der Waals surface area contributed by atoms with Gasteiger partial charge >= 0.3 is 0 Å². The van der Waals surface area contributed by atoms with E-state index in [0.717, 1.165) is 6.42 Å². The zero-order valence-corrected chi connectivity index (χ0v) is 8.85. The Labute approximate surface area is 89.6 Å². The Kier molecular flexibility index (Phi) is 4.93. The molecule has 0 heterocycles. The largest absolute Gasteiger partial charge is 0.504 e. The SMILES string of the molecule is COCCC(N)COc1ccccc1O. The number of hydrogen-bond acceptors (Lipinski definition) is 4. The van der Waals surface area contributed by atoms with Gasteiger partial charge in [0.05, 0.1) is 0 Å². The second-order valence-corrected chi connectivity index (χ2v) is 3.32. The molecule has 0 saturated carbocycles. The number of methoxy groups -OCH3 is 1. The summed E-state index contributed by atoms with van der Waals surface area (Å²) in [5.41, 5.74) is 5.77. The normalized spacial score (nSPS) is 12.4. The Hall–Kier alpha value is -1.26. The molecule has 4 nitrogen and oxygen atoms in total. The van der Waals surface area contributed by atoms with Gasteiger partial charge in [-0.15, -0.1) is 0 Å². The molecule has 0 aliphatic carbocycles. The van der Waals surface area contributed by atoms with Crippen LogP contribution in [0.3, 0.4) is 0 Å². The van der Waals surface area contributed by atoms with Crippen molar-refractivity contribution in [1.82, 2.24) is 0 Å². The predicted molar refractivity (Wildman–Crippen MR) is 58.1 cm³/mol. The average Bonchev–Trinajstić information content (AvgIpc) is 2.25. The van der Waals surface area contributed by atoms with E-state index < -0.39 is 0 Å². The summed E-state index contributed by atoms with van der Waals surface area (Å²) in [5, 5.41) is 9.41. The molecule has 0 aliphatic rings. The van der Waals surface area contributed by atoms with Crippen LogP contribution in [0.1, 0.15) is 6.42 Å². The Balaban J connectivity index is 2.33. The van der Waals surface area contributed by atoms with Crippen molar-refractivity contribution in [3.8, 4) is 11.5 Å². The highest BCUT2D eigenvalue weighted by atomic mass is 16.5. The maximum absolute atomic E-state index is 9.41. The monoisotopic (exact) mass is 211 g/mol. The summed E-state index contributed by atoms with van der Waals surface area (Å²) >= 11 is 0. The van der Waals surface area contributed by atoms with Crippen molar-refractivity contribution < 1.29 is 14.6 Å². The molecule has 0 aliphatic heterocycles. The predicted octanol–water partition coefficient (Wildman–Crippen LogP) is 1.13. The molecule has 1 rings (SSSR count). The molecule has 4 heteroatoms. The summed E-state index contributed by atoms with van der Waals surface area (Å²) in [7, 11) is 1.64. The lowest BCUT2D eigenvalue weighted by Gasteiger charge is -2.13. The van der Waals surface area contributed by atoms with Crippen LogP contribution in [0, 0.1) is 0 Å². The lowest BCUT2D eigenvalue weighted by atomic mass is 10.2. The molecular weight excluding hydrogens is 194 g/mol. The minimum Gasteiger partial charge on any atom is -0.504 e. The third-order valence-corrected chi connectivity index (χ3v) is 2.01. The number of ether oxygens (including phenoxy) is 2. The van der Waals surface area contributed by atoms with Crippen molar-refractivity contribution >= 4 is 0 Å². The third-order valence-electron chi connectivity index (χ3n) is 2.01. The van der Waals surface area contributed by atoms with E-state index >= 15 is 0 Å². The van der Waals surface area contributed by atoms with Crippen molar-refractivity contribution in [2.24, 2.45) is 5.73 Å². The van der Waals surface area contributed by atoms with Gasteiger partial charge in [0.2, 0.25) is 0 Å². The van der Waals surface area contributed by atoms with Crippen molar-refractivity contribution in [1.29, 1.82) is 0 Å². The lowest BCUT2D eigenvalue weighted by Crippen LogP contribution is -2.29. The fourth-order valence-electron chi connectivity index (χ4n) is 1.13. The van der Waals surface area contributed by atoms with Crippen LogP contribution in [0.5, 0.6) is 11.5 Å². The summed E-state index contributed by atoms with van der Waals surface area (Å²) in [6.07, 6.45) is 0.740.